The van der Waals surface area contributed by atoms with Gasteiger partial charge in [0.25, 0.3) is 11.8 Å². The van der Waals surface area contributed by atoms with Gasteiger partial charge in [0.2, 0.25) is 0 Å². The third-order valence-electron chi connectivity index (χ3n) is 6.40. The lowest BCUT2D eigenvalue weighted by molar-refractivity contribution is -0.123. The third-order valence-corrected chi connectivity index (χ3v) is 8.23. The van der Waals surface area contributed by atoms with E-state index >= 15 is 0 Å². The standard InChI is InChI=1S/C27H24ClFN2O2S/c1-17-7-4-5-8-19(17)15-30-23-12-11-20(28)14-22(23)27(25(30)33)31(16-26(2,3)34-27)24(32)18-9-6-10-21(29)13-18/h4-14H,15-16H2,1-3H3/t27-/m0/s1. The summed E-state index contributed by atoms with van der Waals surface area (Å²) < 4.78 is 13.6. The second kappa shape index (κ2) is 8.14. The van der Waals surface area contributed by atoms with Crippen molar-refractivity contribution in [2.75, 3.05) is 11.4 Å². The van der Waals surface area contributed by atoms with Crippen LogP contribution < -0.4 is 4.90 Å². The Morgan fingerprint density at radius 3 is 2.59 bits per heavy atom. The van der Waals surface area contributed by atoms with E-state index < -0.39 is 15.4 Å². The Bertz CT molecular complexity index is 1330. The molecule has 1 spiro atoms. The average molecular weight is 495 g/mol. The topological polar surface area (TPSA) is 40.6 Å². The van der Waals surface area contributed by atoms with Gasteiger partial charge in [0.05, 0.1) is 12.2 Å². The summed E-state index contributed by atoms with van der Waals surface area (Å²) in [5.74, 6) is -1.06. The number of anilines is 1. The SMILES string of the molecule is Cc1ccccc1CN1C(=O)[C@@]2(SC(C)(C)CN2C(=O)c2cccc(F)c2)c2cc(Cl)ccc21. The lowest BCUT2D eigenvalue weighted by atomic mass is 10.0. The van der Waals surface area contributed by atoms with Crippen molar-refractivity contribution in [1.82, 2.24) is 4.90 Å². The van der Waals surface area contributed by atoms with Crippen LogP contribution in [0.3, 0.4) is 0 Å². The molecule has 0 saturated carbocycles. The van der Waals surface area contributed by atoms with Crippen LogP contribution in [-0.2, 0) is 16.2 Å². The smallest absolute Gasteiger partial charge is 0.268 e. The number of hydrogen-bond donors (Lipinski definition) is 0. The van der Waals surface area contributed by atoms with E-state index in [1.54, 1.807) is 28.0 Å². The first kappa shape index (κ1) is 22.9. The molecule has 2 heterocycles. The molecule has 0 N–H and O–H groups in total. The first-order valence-electron chi connectivity index (χ1n) is 11.1. The Morgan fingerprint density at radius 2 is 1.85 bits per heavy atom. The van der Waals surface area contributed by atoms with E-state index in [-0.39, 0.29) is 17.4 Å². The quantitative estimate of drug-likeness (QED) is 0.438. The van der Waals surface area contributed by atoms with Crippen molar-refractivity contribution in [3.05, 3.63) is 99.8 Å². The summed E-state index contributed by atoms with van der Waals surface area (Å²) in [5, 5.41) is 0.493. The largest absolute Gasteiger partial charge is 0.310 e. The van der Waals surface area contributed by atoms with Gasteiger partial charge in [-0.05, 0) is 68.3 Å². The average Bonchev–Trinajstić information content (AvgIpc) is 3.20. The number of hydrogen-bond acceptors (Lipinski definition) is 3. The molecule has 34 heavy (non-hydrogen) atoms. The van der Waals surface area contributed by atoms with Crippen LogP contribution in [0.2, 0.25) is 5.02 Å². The van der Waals surface area contributed by atoms with E-state index in [2.05, 4.69) is 0 Å². The predicted molar refractivity (Wildman–Crippen MR) is 135 cm³/mol. The first-order valence-corrected chi connectivity index (χ1v) is 12.3. The van der Waals surface area contributed by atoms with E-state index in [9.17, 15) is 14.0 Å². The van der Waals surface area contributed by atoms with Gasteiger partial charge in [-0.1, -0.05) is 41.9 Å². The normalized spacial score (nSPS) is 20.8. The maximum Gasteiger partial charge on any atom is 0.268 e. The number of rotatable bonds is 3. The molecule has 4 nitrogen and oxygen atoms in total. The van der Waals surface area contributed by atoms with Gasteiger partial charge in [-0.25, -0.2) is 4.39 Å². The molecule has 0 aliphatic carbocycles. The highest BCUT2D eigenvalue weighted by molar-refractivity contribution is 8.02. The van der Waals surface area contributed by atoms with Crippen LogP contribution in [0.25, 0.3) is 0 Å². The van der Waals surface area contributed by atoms with Gasteiger partial charge in [0.1, 0.15) is 5.82 Å². The minimum Gasteiger partial charge on any atom is -0.310 e. The molecule has 1 atom stereocenters. The number of thioether (sulfide) groups is 1. The van der Waals surface area contributed by atoms with Gasteiger partial charge >= 0.3 is 0 Å². The van der Waals surface area contributed by atoms with Crippen molar-refractivity contribution >= 4 is 40.9 Å². The van der Waals surface area contributed by atoms with Gasteiger partial charge in [0, 0.05) is 27.4 Å². The van der Waals surface area contributed by atoms with E-state index in [4.69, 9.17) is 11.6 Å². The number of carbonyl (C=O) groups is 2. The number of amides is 2. The Balaban J connectivity index is 1.67. The van der Waals surface area contributed by atoms with E-state index in [1.165, 1.54) is 30.0 Å². The molecule has 5 rings (SSSR count). The Morgan fingerprint density at radius 1 is 1.09 bits per heavy atom. The second-order valence-corrected chi connectivity index (χ2v) is 11.7. The van der Waals surface area contributed by atoms with Gasteiger partial charge in [-0.15, -0.1) is 11.8 Å². The molecular formula is C27H24ClFN2O2S. The molecule has 0 unspecified atom stereocenters. The maximum atomic E-state index is 14.3. The number of nitrogens with zero attached hydrogens (tertiary/aromatic N) is 2. The number of halogens is 2. The minimum absolute atomic E-state index is 0.187. The zero-order valence-electron chi connectivity index (χ0n) is 19.1. The maximum absolute atomic E-state index is 14.3. The molecule has 7 heteroatoms. The number of fused-ring (bicyclic) bond motifs is 2. The summed E-state index contributed by atoms with van der Waals surface area (Å²) in [5.41, 5.74) is 3.75. The fourth-order valence-corrected chi connectivity index (χ4v) is 6.76. The van der Waals surface area contributed by atoms with Crippen LogP contribution in [0.1, 0.15) is 40.9 Å². The monoisotopic (exact) mass is 494 g/mol. The highest BCUT2D eigenvalue weighted by Crippen LogP contribution is 2.60. The van der Waals surface area contributed by atoms with Crippen molar-refractivity contribution < 1.29 is 14.0 Å². The lowest BCUT2D eigenvalue weighted by Crippen LogP contribution is -2.50. The van der Waals surface area contributed by atoms with Crippen molar-refractivity contribution in [2.45, 2.75) is 36.9 Å². The van der Waals surface area contributed by atoms with Crippen molar-refractivity contribution in [2.24, 2.45) is 0 Å². The molecule has 2 aliphatic heterocycles. The van der Waals surface area contributed by atoms with Crippen LogP contribution in [0, 0.1) is 12.7 Å². The Labute approximate surface area is 207 Å². The summed E-state index contributed by atoms with van der Waals surface area (Å²) in [6.07, 6.45) is 0. The van der Waals surface area contributed by atoms with Crippen LogP contribution >= 0.6 is 23.4 Å². The molecule has 2 amide bonds. The Hall–Kier alpha value is -2.83. The van der Waals surface area contributed by atoms with E-state index in [0.29, 0.717) is 23.7 Å². The fraction of sp³-hybridized carbons (Fsp3) is 0.259. The number of aryl methyl sites for hydroxylation is 1. The highest BCUT2D eigenvalue weighted by Gasteiger charge is 2.63. The van der Waals surface area contributed by atoms with Crippen LogP contribution in [0.5, 0.6) is 0 Å². The molecule has 1 fully saturated rings. The summed E-state index contributed by atoms with van der Waals surface area (Å²) in [7, 11) is 0. The van der Waals surface area contributed by atoms with Gasteiger partial charge < -0.3 is 9.80 Å². The molecular weight excluding hydrogens is 471 g/mol. The summed E-state index contributed by atoms with van der Waals surface area (Å²) in [4.78, 5) is 30.1. The number of carbonyl (C=O) groups excluding carboxylic acids is 2. The second-order valence-electron chi connectivity index (χ2n) is 9.39. The molecule has 1 saturated heterocycles. The summed E-state index contributed by atoms with van der Waals surface area (Å²) in [6.45, 7) is 6.76. The minimum atomic E-state index is -1.28. The lowest BCUT2D eigenvalue weighted by Gasteiger charge is -2.33. The van der Waals surface area contributed by atoms with Crippen LogP contribution in [0.4, 0.5) is 10.1 Å². The van der Waals surface area contributed by atoms with Crippen LogP contribution in [0.15, 0.2) is 66.7 Å². The van der Waals surface area contributed by atoms with Gasteiger partial charge in [-0.2, -0.15) is 0 Å². The zero-order valence-corrected chi connectivity index (χ0v) is 20.7. The molecule has 2 aliphatic rings. The van der Waals surface area contributed by atoms with Crippen molar-refractivity contribution in [3.63, 3.8) is 0 Å². The van der Waals surface area contributed by atoms with Crippen LogP contribution in [-0.4, -0.2) is 28.0 Å². The molecule has 0 radical (unpaired) electrons. The predicted octanol–water partition coefficient (Wildman–Crippen LogP) is 6.15. The van der Waals surface area contributed by atoms with E-state index in [0.717, 1.165) is 16.8 Å². The zero-order chi connectivity index (χ0) is 24.3. The Kier molecular flexibility index (Phi) is 5.49. The van der Waals surface area contributed by atoms with Crippen molar-refractivity contribution in [1.29, 1.82) is 0 Å². The number of benzene rings is 3. The highest BCUT2D eigenvalue weighted by atomic mass is 35.5. The molecule has 3 aromatic carbocycles. The fourth-order valence-electron chi connectivity index (χ4n) is 4.87. The van der Waals surface area contributed by atoms with Crippen molar-refractivity contribution in [3.8, 4) is 0 Å². The molecule has 174 valence electrons. The van der Waals surface area contributed by atoms with E-state index in [1.807, 2.05) is 51.1 Å². The van der Waals surface area contributed by atoms with Gasteiger partial charge in [0.15, 0.2) is 4.87 Å². The summed E-state index contributed by atoms with van der Waals surface area (Å²) >= 11 is 7.86. The molecule has 3 aromatic rings. The first-order chi connectivity index (χ1) is 16.1. The molecule has 0 bridgehead atoms. The third kappa shape index (κ3) is 3.60. The summed E-state index contributed by atoms with van der Waals surface area (Å²) in [6, 6.07) is 18.9. The van der Waals surface area contributed by atoms with Gasteiger partial charge in [-0.3, -0.25) is 9.59 Å². The molecule has 0 aromatic heterocycles.